The summed E-state index contributed by atoms with van der Waals surface area (Å²) < 4.78 is 0. The van der Waals surface area contributed by atoms with Crippen LogP contribution in [0.25, 0.3) is 10.9 Å². The molecule has 6 nitrogen and oxygen atoms in total. The van der Waals surface area contributed by atoms with Crippen LogP contribution in [0.3, 0.4) is 0 Å². The Morgan fingerprint density at radius 1 is 1.15 bits per heavy atom. The maximum absolute atomic E-state index is 13.4. The second-order valence-corrected chi connectivity index (χ2v) is 11.4. The molecule has 3 N–H and O–H groups in total. The maximum Gasteiger partial charge on any atom is 0.262 e. The highest BCUT2D eigenvalue weighted by molar-refractivity contribution is 7.12. The molecule has 0 bridgehead atoms. The van der Waals surface area contributed by atoms with Gasteiger partial charge in [-0.1, -0.05) is 38.1 Å². The maximum atomic E-state index is 13.4. The molecule has 0 unspecified atom stereocenters. The number of benzene rings is 1. The Balaban J connectivity index is 1.48. The number of hydrogen-bond donors (Lipinski definition) is 3. The van der Waals surface area contributed by atoms with Gasteiger partial charge in [0, 0.05) is 48.7 Å². The number of carbonyl (C=O) groups is 2. The molecule has 0 radical (unpaired) electrons. The number of nitrogens with zero attached hydrogens (tertiary/aromatic N) is 1. The lowest BCUT2D eigenvalue weighted by Crippen LogP contribution is -2.58. The van der Waals surface area contributed by atoms with Crippen molar-refractivity contribution in [1.29, 1.82) is 0 Å². The molecule has 1 saturated heterocycles. The van der Waals surface area contributed by atoms with Crippen molar-refractivity contribution >= 4 is 34.1 Å². The first-order valence-corrected chi connectivity index (χ1v) is 13.0. The predicted octanol–water partition coefficient (Wildman–Crippen LogP) is 4.44. The molecule has 1 aromatic carbocycles. The molecular formula is C27H36N4O2S. The van der Waals surface area contributed by atoms with Crippen molar-refractivity contribution in [3.8, 4) is 0 Å². The van der Waals surface area contributed by atoms with Crippen molar-refractivity contribution in [3.05, 3.63) is 58.4 Å². The number of thiophene rings is 1. The minimum absolute atomic E-state index is 0.152. The smallest absolute Gasteiger partial charge is 0.262 e. The highest BCUT2D eigenvalue weighted by Crippen LogP contribution is 2.27. The summed E-state index contributed by atoms with van der Waals surface area (Å²) in [7, 11) is 0. The van der Waals surface area contributed by atoms with E-state index in [1.807, 2.05) is 41.9 Å². The van der Waals surface area contributed by atoms with Crippen LogP contribution in [0.15, 0.2) is 48.0 Å². The van der Waals surface area contributed by atoms with Crippen molar-refractivity contribution < 1.29 is 9.59 Å². The van der Waals surface area contributed by atoms with Crippen LogP contribution in [-0.4, -0.2) is 52.9 Å². The quantitative estimate of drug-likeness (QED) is 0.446. The van der Waals surface area contributed by atoms with Crippen LogP contribution in [0.2, 0.25) is 0 Å². The molecule has 0 aliphatic carbocycles. The number of fused-ring (bicyclic) bond motifs is 1. The second-order valence-electron chi connectivity index (χ2n) is 10.4. The number of piperidine rings is 1. The van der Waals surface area contributed by atoms with Gasteiger partial charge in [-0.2, -0.15) is 0 Å². The third-order valence-electron chi connectivity index (χ3n) is 6.89. The number of amides is 2. The highest BCUT2D eigenvalue weighted by Gasteiger charge is 2.34. The normalized spacial score (nSPS) is 20.2. The van der Waals surface area contributed by atoms with Crippen molar-refractivity contribution in [2.45, 2.75) is 52.1 Å². The van der Waals surface area contributed by atoms with Crippen LogP contribution >= 0.6 is 11.3 Å². The number of H-pyrrole nitrogens is 1. The number of nitrogens with one attached hydrogen (secondary N) is 3. The van der Waals surface area contributed by atoms with Crippen LogP contribution < -0.4 is 10.6 Å². The monoisotopic (exact) mass is 480 g/mol. The van der Waals surface area contributed by atoms with Gasteiger partial charge < -0.3 is 15.6 Å². The Morgan fingerprint density at radius 2 is 1.88 bits per heavy atom. The molecule has 2 aromatic heterocycles. The van der Waals surface area contributed by atoms with Gasteiger partial charge in [-0.15, -0.1) is 11.3 Å². The number of hydrogen-bond acceptors (Lipinski definition) is 4. The van der Waals surface area contributed by atoms with Gasteiger partial charge in [-0.05, 0) is 55.2 Å². The Labute approximate surface area is 206 Å². The number of aromatic nitrogens is 1. The lowest BCUT2D eigenvalue weighted by atomic mass is 9.88. The molecule has 182 valence electrons. The summed E-state index contributed by atoms with van der Waals surface area (Å²) in [4.78, 5) is 32.6. The van der Waals surface area contributed by atoms with E-state index in [2.05, 4.69) is 48.2 Å². The molecule has 1 aliphatic rings. The van der Waals surface area contributed by atoms with Crippen LogP contribution in [0, 0.1) is 11.8 Å². The SMILES string of the molecule is C[C@@H]1C[C@H](C)CN(C(C)(C)CNC(=O)[C@H](Cc2c[nH]c3ccccc23)NC(=O)c2cccs2)C1. The lowest BCUT2D eigenvalue weighted by Gasteiger charge is -2.45. The van der Waals surface area contributed by atoms with Gasteiger partial charge in [0.05, 0.1) is 4.88 Å². The van der Waals surface area contributed by atoms with Gasteiger partial charge in [-0.3, -0.25) is 14.5 Å². The van der Waals surface area contributed by atoms with Gasteiger partial charge in [0.15, 0.2) is 0 Å². The Bertz CT molecular complexity index is 1110. The highest BCUT2D eigenvalue weighted by atomic mass is 32.1. The summed E-state index contributed by atoms with van der Waals surface area (Å²) in [5.41, 5.74) is 1.87. The Morgan fingerprint density at radius 3 is 2.59 bits per heavy atom. The Kier molecular flexibility index (Phi) is 7.43. The van der Waals surface area contributed by atoms with E-state index in [0.29, 0.717) is 29.7 Å². The van der Waals surface area contributed by atoms with Gasteiger partial charge in [0.1, 0.15) is 6.04 Å². The molecule has 0 saturated carbocycles. The molecule has 4 rings (SSSR count). The van der Waals surface area contributed by atoms with Crippen molar-refractivity contribution in [2.75, 3.05) is 19.6 Å². The van der Waals surface area contributed by atoms with E-state index in [0.717, 1.165) is 29.6 Å². The van der Waals surface area contributed by atoms with Gasteiger partial charge >= 0.3 is 0 Å². The average molecular weight is 481 g/mol. The zero-order valence-corrected chi connectivity index (χ0v) is 21.4. The Hall–Kier alpha value is -2.64. The first kappa shape index (κ1) is 24.5. The number of likely N-dealkylation sites (tertiary alicyclic amines) is 1. The van der Waals surface area contributed by atoms with E-state index in [4.69, 9.17) is 0 Å². The minimum atomic E-state index is -0.663. The fraction of sp³-hybridized carbons (Fsp3) is 0.481. The molecule has 3 heterocycles. The fourth-order valence-electron chi connectivity index (χ4n) is 5.06. The predicted molar refractivity (Wildman–Crippen MR) is 139 cm³/mol. The first-order chi connectivity index (χ1) is 16.2. The number of rotatable bonds is 8. The average Bonchev–Trinajstić information content (AvgIpc) is 3.47. The molecule has 1 aliphatic heterocycles. The zero-order valence-electron chi connectivity index (χ0n) is 20.6. The summed E-state index contributed by atoms with van der Waals surface area (Å²) in [5.74, 6) is 0.936. The fourth-order valence-corrected chi connectivity index (χ4v) is 5.69. The summed E-state index contributed by atoms with van der Waals surface area (Å²) in [6.07, 6.45) is 3.61. The summed E-state index contributed by atoms with van der Waals surface area (Å²) in [6.45, 7) is 11.6. The van der Waals surface area contributed by atoms with Gasteiger partial charge in [-0.25, -0.2) is 0 Å². The van der Waals surface area contributed by atoms with E-state index >= 15 is 0 Å². The molecular weight excluding hydrogens is 444 g/mol. The van der Waals surface area contributed by atoms with E-state index in [9.17, 15) is 9.59 Å². The molecule has 7 heteroatoms. The number of aromatic amines is 1. The van der Waals surface area contributed by atoms with Crippen molar-refractivity contribution in [3.63, 3.8) is 0 Å². The van der Waals surface area contributed by atoms with E-state index in [1.54, 1.807) is 6.07 Å². The summed E-state index contributed by atoms with van der Waals surface area (Å²) in [5, 5.41) is 9.08. The van der Waals surface area contributed by atoms with Gasteiger partial charge in [0.25, 0.3) is 5.91 Å². The third-order valence-corrected chi connectivity index (χ3v) is 7.75. The summed E-state index contributed by atoms with van der Waals surface area (Å²) >= 11 is 1.38. The van der Waals surface area contributed by atoms with E-state index in [-0.39, 0.29) is 17.4 Å². The van der Waals surface area contributed by atoms with Crippen molar-refractivity contribution in [2.24, 2.45) is 11.8 Å². The molecule has 3 aromatic rings. The largest absolute Gasteiger partial charge is 0.361 e. The van der Waals surface area contributed by atoms with Crippen molar-refractivity contribution in [1.82, 2.24) is 20.5 Å². The van der Waals surface area contributed by atoms with Crippen LogP contribution in [0.5, 0.6) is 0 Å². The number of para-hydroxylation sites is 1. The molecule has 34 heavy (non-hydrogen) atoms. The third kappa shape index (κ3) is 5.70. The van der Waals surface area contributed by atoms with Crippen LogP contribution in [0.1, 0.15) is 49.4 Å². The van der Waals surface area contributed by atoms with E-state index < -0.39 is 6.04 Å². The zero-order chi connectivity index (χ0) is 24.3. The molecule has 3 atom stereocenters. The summed E-state index contributed by atoms with van der Waals surface area (Å²) in [6, 6.07) is 11.0. The van der Waals surface area contributed by atoms with E-state index in [1.165, 1.54) is 17.8 Å². The standard InChI is InChI=1S/C27H36N4O2S/c1-18-12-19(2)16-31(15-18)27(3,4)17-29-25(32)23(30-26(33)24-10-7-11-34-24)13-20-14-28-22-9-6-5-8-21(20)22/h5-11,14,18-19,23,28H,12-13,15-17H2,1-4H3,(H,29,32)(H,30,33)/t18-,19+,23-/m0/s1. The lowest BCUT2D eigenvalue weighted by molar-refractivity contribution is -0.123. The van der Waals surface area contributed by atoms with Crippen LogP contribution in [0.4, 0.5) is 0 Å². The minimum Gasteiger partial charge on any atom is -0.361 e. The van der Waals surface area contributed by atoms with Crippen LogP contribution in [-0.2, 0) is 11.2 Å². The molecule has 1 fully saturated rings. The molecule has 2 amide bonds. The topological polar surface area (TPSA) is 77.2 Å². The second kappa shape index (κ2) is 10.3. The molecule has 0 spiro atoms. The first-order valence-electron chi connectivity index (χ1n) is 12.1. The number of carbonyl (C=O) groups excluding carboxylic acids is 2. The van der Waals surface area contributed by atoms with Gasteiger partial charge in [0.2, 0.25) is 5.91 Å².